The number of carbonyl (C=O) groups is 2. The Morgan fingerprint density at radius 2 is 1.55 bits per heavy atom. The Hall–Kier alpha value is -3.45. The third-order valence-electron chi connectivity index (χ3n) is 6.59. The van der Waals surface area contributed by atoms with Crippen LogP contribution in [0.2, 0.25) is 5.02 Å². The molecule has 4 nitrogen and oxygen atoms in total. The molecule has 4 aromatic carbocycles. The minimum absolute atomic E-state index is 0.0438. The van der Waals surface area contributed by atoms with Gasteiger partial charge >= 0.3 is 5.97 Å². The number of fused-ring (bicyclic) bond motifs is 3. The number of Topliss-reactive ketones (excluding diaryl/α,β-unsaturated/α-hetero) is 1. The molecule has 38 heavy (non-hydrogen) atoms. The van der Waals surface area contributed by atoms with Crippen LogP contribution in [0.25, 0.3) is 22.0 Å². The van der Waals surface area contributed by atoms with Crippen LogP contribution < -0.4 is 0 Å². The van der Waals surface area contributed by atoms with Gasteiger partial charge in [0.25, 0.3) is 0 Å². The number of benzene rings is 4. The molecule has 0 unspecified atom stereocenters. The van der Waals surface area contributed by atoms with Crippen molar-refractivity contribution in [3.63, 3.8) is 0 Å². The summed E-state index contributed by atoms with van der Waals surface area (Å²) in [6, 6.07) is 29.0. The maximum atomic E-state index is 12.8. The van der Waals surface area contributed by atoms with Gasteiger partial charge in [-0.25, -0.2) is 0 Å². The summed E-state index contributed by atoms with van der Waals surface area (Å²) in [5.74, 6) is -1.18. The number of hydrogen-bond donors (Lipinski definition) is 1. The first-order valence-corrected chi connectivity index (χ1v) is 14.2. The van der Waals surface area contributed by atoms with Gasteiger partial charge in [0.2, 0.25) is 0 Å². The second-order valence-electron chi connectivity index (χ2n) is 9.13. The molecule has 0 aliphatic carbocycles. The summed E-state index contributed by atoms with van der Waals surface area (Å²) < 4.78 is 2.03. The number of aromatic nitrogens is 1. The molecule has 7 heteroatoms. The van der Waals surface area contributed by atoms with Crippen LogP contribution >= 0.6 is 35.1 Å². The lowest BCUT2D eigenvalue weighted by atomic mass is 10.0. The minimum Gasteiger partial charge on any atom is -0.481 e. The van der Waals surface area contributed by atoms with E-state index in [1.807, 2.05) is 40.4 Å². The average Bonchev–Trinajstić information content (AvgIpc) is 3.27. The Labute approximate surface area is 233 Å². The second kappa shape index (κ2) is 10.4. The topological polar surface area (TPSA) is 59.3 Å². The van der Waals surface area contributed by atoms with E-state index in [2.05, 4.69) is 66.7 Å². The molecule has 1 aromatic heterocycles. The van der Waals surface area contributed by atoms with Crippen molar-refractivity contribution in [3.05, 3.63) is 107 Å². The van der Waals surface area contributed by atoms with Crippen LogP contribution in [0.1, 0.15) is 28.8 Å². The van der Waals surface area contributed by atoms with Crippen LogP contribution in [0.5, 0.6) is 0 Å². The monoisotopic (exact) mass is 555 g/mol. The van der Waals surface area contributed by atoms with Crippen molar-refractivity contribution in [2.75, 3.05) is 0 Å². The predicted molar refractivity (Wildman–Crippen MR) is 154 cm³/mol. The van der Waals surface area contributed by atoms with E-state index >= 15 is 0 Å². The van der Waals surface area contributed by atoms with Gasteiger partial charge in [-0.1, -0.05) is 83.7 Å². The normalized spacial score (nSPS) is 12.2. The van der Waals surface area contributed by atoms with Gasteiger partial charge in [0, 0.05) is 60.2 Å². The van der Waals surface area contributed by atoms with Crippen LogP contribution in [0.3, 0.4) is 0 Å². The quantitative estimate of drug-likeness (QED) is 0.200. The summed E-state index contributed by atoms with van der Waals surface area (Å²) >= 11 is 9.86. The molecule has 0 bridgehead atoms. The Kier molecular flexibility index (Phi) is 6.78. The fraction of sp³-hybridized carbons (Fsp3) is 0.0968. The average molecular weight is 556 g/mol. The molecule has 0 fully saturated rings. The number of halogens is 1. The van der Waals surface area contributed by atoms with E-state index in [0.717, 1.165) is 22.0 Å². The summed E-state index contributed by atoms with van der Waals surface area (Å²) in [6.07, 6.45) is 1.58. The lowest BCUT2D eigenvalue weighted by Gasteiger charge is -2.21. The summed E-state index contributed by atoms with van der Waals surface area (Å²) in [4.78, 5) is 28.9. The molecule has 0 atom stereocenters. The largest absolute Gasteiger partial charge is 0.481 e. The van der Waals surface area contributed by atoms with Gasteiger partial charge in [-0.15, -0.1) is 0 Å². The number of nitrogens with zero attached hydrogens (tertiary/aromatic N) is 1. The highest BCUT2D eigenvalue weighted by Crippen LogP contribution is 2.51. The third kappa shape index (κ3) is 4.87. The van der Waals surface area contributed by atoms with Gasteiger partial charge in [-0.05, 0) is 53.1 Å². The molecule has 5 aromatic rings. The zero-order valence-corrected chi connectivity index (χ0v) is 22.6. The number of ketones is 1. The van der Waals surface area contributed by atoms with Crippen LogP contribution in [0, 0.1) is 0 Å². The number of carbonyl (C=O) groups excluding carboxylic acids is 1. The summed E-state index contributed by atoms with van der Waals surface area (Å²) in [6.45, 7) is 0.579. The Balaban J connectivity index is 1.29. The first-order chi connectivity index (χ1) is 18.5. The van der Waals surface area contributed by atoms with Crippen molar-refractivity contribution in [3.8, 4) is 11.1 Å². The van der Waals surface area contributed by atoms with Gasteiger partial charge in [0.05, 0.1) is 6.42 Å². The molecule has 1 N–H and O–H groups in total. The summed E-state index contributed by atoms with van der Waals surface area (Å²) in [5, 5.41) is 10.3. The highest BCUT2D eigenvalue weighted by atomic mass is 35.5. The Bertz CT molecular complexity index is 1710. The van der Waals surface area contributed by atoms with Crippen molar-refractivity contribution in [1.29, 1.82) is 0 Å². The van der Waals surface area contributed by atoms with Crippen molar-refractivity contribution in [2.24, 2.45) is 0 Å². The molecule has 1 aliphatic heterocycles. The molecule has 1 aliphatic rings. The van der Waals surface area contributed by atoms with Crippen molar-refractivity contribution < 1.29 is 14.7 Å². The van der Waals surface area contributed by atoms with E-state index in [9.17, 15) is 9.59 Å². The number of rotatable bonds is 7. The van der Waals surface area contributed by atoms with Crippen molar-refractivity contribution in [1.82, 2.24) is 4.57 Å². The lowest BCUT2D eigenvalue weighted by Crippen LogP contribution is -2.03. The molecule has 0 saturated heterocycles. The number of carboxylic acid groups (broad SMARTS) is 1. The molecule has 6 rings (SSSR count). The van der Waals surface area contributed by atoms with Crippen molar-refractivity contribution >= 4 is 57.8 Å². The van der Waals surface area contributed by atoms with E-state index in [1.54, 1.807) is 12.1 Å². The van der Waals surface area contributed by atoms with E-state index in [4.69, 9.17) is 16.7 Å². The highest BCUT2D eigenvalue weighted by molar-refractivity contribution is 8.05. The van der Waals surface area contributed by atoms with E-state index in [-0.39, 0.29) is 18.6 Å². The highest BCUT2D eigenvalue weighted by Gasteiger charge is 2.20. The molecular formula is C31H22ClNO3S2. The smallest absolute Gasteiger partial charge is 0.303 e. The second-order valence-corrected chi connectivity index (χ2v) is 11.7. The minimum atomic E-state index is -0.985. The Morgan fingerprint density at radius 1 is 0.816 bits per heavy atom. The summed E-state index contributed by atoms with van der Waals surface area (Å²) in [5.41, 5.74) is 4.87. The zero-order chi connectivity index (χ0) is 26.2. The third-order valence-corrected chi connectivity index (χ3v) is 9.44. The molecule has 0 radical (unpaired) electrons. The number of aliphatic carboxylic acids is 1. The van der Waals surface area contributed by atoms with Crippen LogP contribution in [-0.4, -0.2) is 21.4 Å². The SMILES string of the molecule is O=C(O)CCC(=O)c1cn(Cc2ccc(-c3cccc4c3Sc3ccccc3S4)cc2)c2ccc(Cl)cc12. The van der Waals surface area contributed by atoms with Gasteiger partial charge < -0.3 is 9.67 Å². The zero-order valence-electron chi connectivity index (χ0n) is 20.2. The van der Waals surface area contributed by atoms with E-state index in [0.29, 0.717) is 17.1 Å². The standard InChI is InChI=1S/C31H22ClNO3S2/c32-21-12-13-25-23(16-21)24(26(34)14-15-30(35)36)18-33(25)17-19-8-10-20(11-9-19)22-4-3-7-29-31(22)38-28-6-2-1-5-27(28)37-29/h1-13,16,18H,14-15,17H2,(H,35,36). The maximum absolute atomic E-state index is 12.8. The van der Waals surface area contributed by atoms with Gasteiger partial charge in [0.1, 0.15) is 0 Å². The molecule has 2 heterocycles. The maximum Gasteiger partial charge on any atom is 0.303 e. The lowest BCUT2D eigenvalue weighted by molar-refractivity contribution is -0.136. The van der Waals surface area contributed by atoms with E-state index in [1.165, 1.54) is 25.1 Å². The fourth-order valence-electron chi connectivity index (χ4n) is 4.74. The predicted octanol–water partition coefficient (Wildman–Crippen LogP) is 8.67. The van der Waals surface area contributed by atoms with Crippen molar-refractivity contribution in [2.45, 2.75) is 39.0 Å². The fourth-order valence-corrected chi connectivity index (χ4v) is 7.31. The van der Waals surface area contributed by atoms with Gasteiger partial charge in [-0.2, -0.15) is 0 Å². The molecule has 0 saturated carbocycles. The molecule has 0 spiro atoms. The van der Waals surface area contributed by atoms with Crippen LogP contribution in [-0.2, 0) is 11.3 Å². The summed E-state index contributed by atoms with van der Waals surface area (Å²) in [7, 11) is 0. The number of hydrogen-bond acceptors (Lipinski definition) is 4. The first kappa shape index (κ1) is 24.9. The van der Waals surface area contributed by atoms with Gasteiger partial charge in [-0.3, -0.25) is 9.59 Å². The molecular weight excluding hydrogens is 534 g/mol. The van der Waals surface area contributed by atoms with Gasteiger partial charge in [0.15, 0.2) is 5.78 Å². The van der Waals surface area contributed by atoms with Crippen LogP contribution in [0.4, 0.5) is 0 Å². The molecule has 188 valence electrons. The first-order valence-electron chi connectivity index (χ1n) is 12.2. The van der Waals surface area contributed by atoms with E-state index < -0.39 is 5.97 Å². The van der Waals surface area contributed by atoms with Crippen LogP contribution in [0.15, 0.2) is 111 Å². The number of carboxylic acids is 1. The Morgan fingerprint density at radius 3 is 2.32 bits per heavy atom. The molecule has 0 amide bonds.